The Kier molecular flexibility index (Phi) is 4.65. The zero-order chi connectivity index (χ0) is 16.5. The predicted molar refractivity (Wildman–Crippen MR) is 83.0 cm³/mol. The SMILES string of the molecule is CC(C)(C)OC(=O)N1CCOc2cc(Br)ccc2C1C(=O)O. The lowest BCUT2D eigenvalue weighted by molar-refractivity contribution is -0.143. The molecule has 0 bridgehead atoms. The van der Waals surface area contributed by atoms with Gasteiger partial charge in [-0.25, -0.2) is 9.59 Å². The molecule has 1 aliphatic rings. The number of fused-ring (bicyclic) bond motifs is 1. The Bertz CT molecular complexity index is 596. The van der Waals surface area contributed by atoms with Crippen molar-refractivity contribution in [2.24, 2.45) is 0 Å². The number of ether oxygens (including phenoxy) is 2. The normalized spacial score (nSPS) is 18.0. The predicted octanol–water partition coefficient (Wildman–Crippen LogP) is 3.20. The Morgan fingerprint density at radius 1 is 1.41 bits per heavy atom. The van der Waals surface area contributed by atoms with Crippen molar-refractivity contribution in [2.75, 3.05) is 13.2 Å². The number of rotatable bonds is 1. The molecule has 0 saturated heterocycles. The van der Waals surface area contributed by atoms with Crippen molar-refractivity contribution in [3.63, 3.8) is 0 Å². The Balaban J connectivity index is 2.40. The van der Waals surface area contributed by atoms with E-state index in [4.69, 9.17) is 9.47 Å². The molecule has 1 aromatic rings. The van der Waals surface area contributed by atoms with E-state index in [0.717, 1.165) is 4.47 Å². The highest BCUT2D eigenvalue weighted by molar-refractivity contribution is 9.10. The molecule has 0 fully saturated rings. The van der Waals surface area contributed by atoms with Crippen LogP contribution in [0.4, 0.5) is 4.79 Å². The maximum absolute atomic E-state index is 12.3. The standard InChI is InChI=1S/C15H18BrNO5/c1-15(2,3)22-14(20)17-6-7-21-11-8-9(16)4-5-10(11)12(17)13(18)19/h4-5,8,12H,6-7H2,1-3H3,(H,18,19). The van der Waals surface area contributed by atoms with Gasteiger partial charge in [0, 0.05) is 10.0 Å². The van der Waals surface area contributed by atoms with E-state index < -0.39 is 23.7 Å². The maximum atomic E-state index is 12.3. The first-order valence-corrected chi connectivity index (χ1v) is 7.63. The summed E-state index contributed by atoms with van der Waals surface area (Å²) in [6, 6.07) is 3.92. The van der Waals surface area contributed by atoms with E-state index in [2.05, 4.69) is 15.9 Å². The molecule has 0 saturated carbocycles. The van der Waals surface area contributed by atoms with Crippen LogP contribution in [-0.4, -0.2) is 40.8 Å². The number of aliphatic carboxylic acids is 1. The minimum Gasteiger partial charge on any atom is -0.491 e. The smallest absolute Gasteiger partial charge is 0.411 e. The summed E-state index contributed by atoms with van der Waals surface area (Å²) in [4.78, 5) is 25.2. The third-order valence-electron chi connectivity index (χ3n) is 3.03. The van der Waals surface area contributed by atoms with E-state index in [0.29, 0.717) is 11.3 Å². The lowest BCUT2D eigenvalue weighted by atomic mass is 10.0. The lowest BCUT2D eigenvalue weighted by Crippen LogP contribution is -2.42. The zero-order valence-electron chi connectivity index (χ0n) is 12.6. The molecule has 7 heteroatoms. The molecule has 22 heavy (non-hydrogen) atoms. The van der Waals surface area contributed by atoms with Gasteiger partial charge in [0.15, 0.2) is 6.04 Å². The first-order valence-electron chi connectivity index (χ1n) is 6.84. The van der Waals surface area contributed by atoms with Gasteiger partial charge in [0.05, 0.1) is 6.54 Å². The first kappa shape index (κ1) is 16.6. The van der Waals surface area contributed by atoms with E-state index in [-0.39, 0.29) is 13.2 Å². The van der Waals surface area contributed by atoms with Crippen molar-refractivity contribution < 1.29 is 24.2 Å². The van der Waals surface area contributed by atoms with Gasteiger partial charge in [0.1, 0.15) is 18.0 Å². The van der Waals surface area contributed by atoms with Gasteiger partial charge in [-0.1, -0.05) is 22.0 Å². The number of amides is 1. The second-order valence-electron chi connectivity index (χ2n) is 5.95. The monoisotopic (exact) mass is 371 g/mol. The molecule has 1 aliphatic heterocycles. The Labute approximate surface area is 137 Å². The fraction of sp³-hybridized carbons (Fsp3) is 0.467. The minimum atomic E-state index is -1.14. The maximum Gasteiger partial charge on any atom is 0.411 e. The Morgan fingerprint density at radius 2 is 2.09 bits per heavy atom. The molecule has 0 aromatic heterocycles. The van der Waals surface area contributed by atoms with Crippen molar-refractivity contribution in [2.45, 2.75) is 32.4 Å². The van der Waals surface area contributed by atoms with Gasteiger partial charge in [0.2, 0.25) is 0 Å². The molecule has 1 unspecified atom stereocenters. The number of carboxylic acids is 1. The molecule has 1 aromatic carbocycles. The van der Waals surface area contributed by atoms with Crippen LogP contribution in [0.5, 0.6) is 5.75 Å². The van der Waals surface area contributed by atoms with Gasteiger partial charge < -0.3 is 14.6 Å². The number of halogens is 1. The average molecular weight is 372 g/mol. The number of nitrogens with zero attached hydrogens (tertiary/aromatic N) is 1. The topological polar surface area (TPSA) is 76.1 Å². The lowest BCUT2D eigenvalue weighted by Gasteiger charge is -2.29. The van der Waals surface area contributed by atoms with Crippen molar-refractivity contribution in [1.29, 1.82) is 0 Å². The van der Waals surface area contributed by atoms with Crippen LogP contribution in [0.15, 0.2) is 22.7 Å². The summed E-state index contributed by atoms with van der Waals surface area (Å²) in [6.45, 7) is 5.55. The highest BCUT2D eigenvalue weighted by atomic mass is 79.9. The van der Waals surface area contributed by atoms with Crippen molar-refractivity contribution >= 4 is 28.0 Å². The molecule has 120 valence electrons. The number of carboxylic acid groups (broad SMARTS) is 1. The summed E-state index contributed by atoms with van der Waals surface area (Å²) in [7, 11) is 0. The Morgan fingerprint density at radius 3 is 2.68 bits per heavy atom. The summed E-state index contributed by atoms with van der Waals surface area (Å²) >= 11 is 3.32. The fourth-order valence-electron chi connectivity index (χ4n) is 2.19. The van der Waals surface area contributed by atoms with Crippen LogP contribution in [0, 0.1) is 0 Å². The molecule has 0 radical (unpaired) electrons. The molecule has 2 rings (SSSR count). The van der Waals surface area contributed by atoms with Crippen LogP contribution in [0.3, 0.4) is 0 Å². The van der Waals surface area contributed by atoms with Gasteiger partial charge in [-0.15, -0.1) is 0 Å². The molecule has 0 spiro atoms. The molecule has 0 aliphatic carbocycles. The zero-order valence-corrected chi connectivity index (χ0v) is 14.2. The van der Waals surface area contributed by atoms with E-state index in [1.54, 1.807) is 39.0 Å². The largest absolute Gasteiger partial charge is 0.491 e. The quantitative estimate of drug-likeness (QED) is 0.819. The van der Waals surface area contributed by atoms with Crippen LogP contribution in [0.2, 0.25) is 0 Å². The second-order valence-corrected chi connectivity index (χ2v) is 6.86. The van der Waals surface area contributed by atoms with Crippen LogP contribution < -0.4 is 4.74 Å². The molecule has 6 nitrogen and oxygen atoms in total. The third kappa shape index (κ3) is 3.71. The minimum absolute atomic E-state index is 0.137. The number of carbonyl (C=O) groups is 2. The van der Waals surface area contributed by atoms with Crippen LogP contribution >= 0.6 is 15.9 Å². The fourth-order valence-corrected chi connectivity index (χ4v) is 2.53. The van der Waals surface area contributed by atoms with Gasteiger partial charge in [0.25, 0.3) is 0 Å². The molecular formula is C15H18BrNO5. The van der Waals surface area contributed by atoms with E-state index in [1.807, 2.05) is 0 Å². The van der Waals surface area contributed by atoms with Gasteiger partial charge >= 0.3 is 12.1 Å². The summed E-state index contributed by atoms with van der Waals surface area (Å²) in [5, 5.41) is 9.58. The Hall–Kier alpha value is -1.76. The number of carbonyl (C=O) groups excluding carboxylic acids is 1. The average Bonchev–Trinajstić information content (AvgIpc) is 2.55. The summed E-state index contributed by atoms with van der Waals surface area (Å²) in [5.41, 5.74) is -0.269. The molecule has 1 amide bonds. The van der Waals surface area contributed by atoms with Crippen molar-refractivity contribution in [3.05, 3.63) is 28.2 Å². The highest BCUT2D eigenvalue weighted by Crippen LogP contribution is 2.35. The molecule has 1 heterocycles. The summed E-state index contributed by atoms with van der Waals surface area (Å²) < 4.78 is 11.7. The van der Waals surface area contributed by atoms with Crippen LogP contribution in [0.1, 0.15) is 32.4 Å². The highest BCUT2D eigenvalue weighted by Gasteiger charge is 2.37. The van der Waals surface area contributed by atoms with Gasteiger partial charge in [-0.2, -0.15) is 0 Å². The number of benzene rings is 1. The van der Waals surface area contributed by atoms with Gasteiger partial charge in [-0.3, -0.25) is 4.90 Å². The van der Waals surface area contributed by atoms with Crippen LogP contribution in [0.25, 0.3) is 0 Å². The second kappa shape index (κ2) is 6.16. The van der Waals surface area contributed by atoms with Gasteiger partial charge in [-0.05, 0) is 32.9 Å². The molecule has 1 N–H and O–H groups in total. The molecule has 1 atom stereocenters. The van der Waals surface area contributed by atoms with Crippen LogP contribution in [-0.2, 0) is 9.53 Å². The third-order valence-corrected chi connectivity index (χ3v) is 3.53. The number of hydrogen-bond acceptors (Lipinski definition) is 4. The number of hydrogen-bond donors (Lipinski definition) is 1. The van der Waals surface area contributed by atoms with E-state index >= 15 is 0 Å². The molecular weight excluding hydrogens is 354 g/mol. The van der Waals surface area contributed by atoms with Crippen molar-refractivity contribution in [3.8, 4) is 5.75 Å². The van der Waals surface area contributed by atoms with E-state index in [1.165, 1.54) is 4.90 Å². The summed E-state index contributed by atoms with van der Waals surface area (Å²) in [5.74, 6) is -0.673. The summed E-state index contributed by atoms with van der Waals surface area (Å²) in [6.07, 6.45) is -0.667. The van der Waals surface area contributed by atoms with E-state index in [9.17, 15) is 14.7 Å². The first-order chi connectivity index (χ1) is 10.2. The van der Waals surface area contributed by atoms with Crippen molar-refractivity contribution in [1.82, 2.24) is 4.90 Å².